The van der Waals surface area contributed by atoms with Crippen molar-refractivity contribution in [3.63, 3.8) is 0 Å². The van der Waals surface area contributed by atoms with Crippen molar-refractivity contribution < 1.29 is 13.9 Å². The number of benzene rings is 2. The van der Waals surface area contributed by atoms with E-state index in [4.69, 9.17) is 9.15 Å². The predicted octanol–water partition coefficient (Wildman–Crippen LogP) is 5.22. The number of ether oxygens (including phenoxy) is 1. The lowest BCUT2D eigenvalue weighted by Crippen LogP contribution is -2.34. The Labute approximate surface area is 209 Å². The van der Waals surface area contributed by atoms with Crippen LogP contribution < -0.4 is 4.74 Å². The summed E-state index contributed by atoms with van der Waals surface area (Å²) in [5.41, 5.74) is 3.50. The lowest BCUT2D eigenvalue weighted by molar-refractivity contribution is -0.129. The number of fused-ring (bicyclic) bond motifs is 1. The summed E-state index contributed by atoms with van der Waals surface area (Å²) in [7, 11) is 3.55. The third kappa shape index (κ3) is 4.98. The van der Waals surface area contributed by atoms with E-state index >= 15 is 0 Å². The van der Waals surface area contributed by atoms with Crippen molar-refractivity contribution in [3.05, 3.63) is 83.8 Å². The molecule has 1 atom stereocenters. The fourth-order valence-electron chi connectivity index (χ4n) is 4.60. The van der Waals surface area contributed by atoms with Gasteiger partial charge in [-0.25, -0.2) is 0 Å². The fraction of sp³-hybridized carbons (Fsp3) is 0.296. The second-order valence-electron chi connectivity index (χ2n) is 8.60. The number of hydrogen-bond acceptors (Lipinski definition) is 6. The van der Waals surface area contributed by atoms with Gasteiger partial charge in [0.25, 0.3) is 0 Å². The highest BCUT2D eigenvalue weighted by Gasteiger charge is 2.27. The van der Waals surface area contributed by atoms with E-state index in [-0.39, 0.29) is 17.7 Å². The molecule has 2 aromatic carbocycles. The highest BCUT2D eigenvalue weighted by Crippen LogP contribution is 2.34. The van der Waals surface area contributed by atoms with Gasteiger partial charge >= 0.3 is 0 Å². The fourth-order valence-corrected chi connectivity index (χ4v) is 5.47. The van der Waals surface area contributed by atoms with E-state index in [0.717, 1.165) is 36.3 Å². The molecule has 1 amide bonds. The first-order valence-corrected chi connectivity index (χ1v) is 12.7. The van der Waals surface area contributed by atoms with Gasteiger partial charge in [0.05, 0.1) is 31.7 Å². The van der Waals surface area contributed by atoms with Crippen molar-refractivity contribution in [2.75, 3.05) is 19.9 Å². The number of rotatable bonds is 8. The molecule has 0 bridgehead atoms. The Bertz CT molecular complexity index is 1300. The minimum atomic E-state index is 0.0761. The number of carbonyl (C=O) groups excluding carboxylic acids is 1. The average molecular weight is 489 g/mol. The maximum atomic E-state index is 13.2. The van der Waals surface area contributed by atoms with Crippen molar-refractivity contribution in [1.82, 2.24) is 19.7 Å². The van der Waals surface area contributed by atoms with E-state index in [1.54, 1.807) is 13.4 Å². The van der Waals surface area contributed by atoms with Crippen LogP contribution >= 0.6 is 11.8 Å². The largest absolute Gasteiger partial charge is 0.497 e. The summed E-state index contributed by atoms with van der Waals surface area (Å²) < 4.78 is 13.0. The minimum Gasteiger partial charge on any atom is -0.497 e. The van der Waals surface area contributed by atoms with Gasteiger partial charge in [0, 0.05) is 12.6 Å². The van der Waals surface area contributed by atoms with E-state index in [9.17, 15) is 4.79 Å². The van der Waals surface area contributed by atoms with Gasteiger partial charge in [0.15, 0.2) is 11.0 Å². The molecule has 2 aromatic heterocycles. The average Bonchev–Trinajstić information content (AvgIpc) is 3.57. The second-order valence-corrected chi connectivity index (χ2v) is 9.55. The number of aryl methyl sites for hydroxylation is 1. The third-order valence-corrected chi connectivity index (χ3v) is 7.41. The first kappa shape index (κ1) is 23.2. The zero-order valence-electron chi connectivity index (χ0n) is 19.9. The molecule has 1 aliphatic rings. The Morgan fingerprint density at radius 3 is 2.89 bits per heavy atom. The van der Waals surface area contributed by atoms with Crippen LogP contribution in [0.25, 0.3) is 11.4 Å². The SMILES string of the molecule is COc1cccc(-c2nnc(SCC(=O)N(C)[C@@H]3CCCc4ccccc43)n2Cc2ccco2)c1. The monoisotopic (exact) mass is 488 g/mol. The van der Waals surface area contributed by atoms with Crippen molar-refractivity contribution in [2.45, 2.75) is 37.0 Å². The number of hydrogen-bond donors (Lipinski definition) is 0. The molecule has 0 saturated carbocycles. The van der Waals surface area contributed by atoms with Crippen LogP contribution in [0.5, 0.6) is 5.75 Å². The second kappa shape index (κ2) is 10.4. The Kier molecular flexibility index (Phi) is 6.90. The molecule has 5 rings (SSSR count). The highest BCUT2D eigenvalue weighted by atomic mass is 32.2. The molecule has 35 heavy (non-hydrogen) atoms. The van der Waals surface area contributed by atoms with Crippen LogP contribution in [0.2, 0.25) is 0 Å². The van der Waals surface area contributed by atoms with Crippen LogP contribution in [0.1, 0.15) is 35.8 Å². The summed E-state index contributed by atoms with van der Waals surface area (Å²) >= 11 is 1.40. The van der Waals surface area contributed by atoms with E-state index < -0.39 is 0 Å². The summed E-state index contributed by atoms with van der Waals surface area (Å²) in [6.07, 6.45) is 4.80. The molecule has 0 unspecified atom stereocenters. The van der Waals surface area contributed by atoms with E-state index in [1.807, 2.05) is 52.9 Å². The number of carbonyl (C=O) groups is 1. The molecular formula is C27H28N4O3S. The Hall–Kier alpha value is -3.52. The molecule has 0 aliphatic heterocycles. The smallest absolute Gasteiger partial charge is 0.233 e. The lowest BCUT2D eigenvalue weighted by atomic mass is 9.87. The summed E-state index contributed by atoms with van der Waals surface area (Å²) in [5, 5.41) is 9.56. The van der Waals surface area contributed by atoms with Gasteiger partial charge in [-0.15, -0.1) is 10.2 Å². The maximum absolute atomic E-state index is 13.2. The first-order chi connectivity index (χ1) is 17.1. The highest BCUT2D eigenvalue weighted by molar-refractivity contribution is 7.99. The molecule has 0 N–H and O–H groups in total. The van der Waals surface area contributed by atoms with Gasteiger partial charge in [-0.3, -0.25) is 9.36 Å². The normalized spacial score (nSPS) is 15.0. The predicted molar refractivity (Wildman–Crippen MR) is 135 cm³/mol. The Morgan fingerprint density at radius 2 is 2.06 bits per heavy atom. The van der Waals surface area contributed by atoms with Gasteiger partial charge in [0.2, 0.25) is 5.91 Å². The molecule has 0 fully saturated rings. The number of methoxy groups -OCH3 is 1. The van der Waals surface area contributed by atoms with Crippen LogP contribution in [-0.4, -0.2) is 45.5 Å². The molecule has 7 nitrogen and oxygen atoms in total. The number of furan rings is 1. The standard InChI is InChI=1S/C27H28N4O3S/c1-30(24-14-6-9-19-8-3-4-13-23(19)24)25(32)18-35-27-29-28-26(20-10-5-11-21(16-20)33-2)31(27)17-22-12-7-15-34-22/h3-5,7-8,10-13,15-16,24H,6,9,14,17-18H2,1-2H3/t24-/m1/s1. The molecule has 180 valence electrons. The van der Waals surface area contributed by atoms with Crippen LogP contribution in [0.3, 0.4) is 0 Å². The summed E-state index contributed by atoms with van der Waals surface area (Å²) in [4.78, 5) is 15.1. The third-order valence-electron chi connectivity index (χ3n) is 6.46. The molecule has 2 heterocycles. The van der Waals surface area contributed by atoms with Crippen molar-refractivity contribution in [3.8, 4) is 17.1 Å². The molecular weight excluding hydrogens is 460 g/mol. The number of thioether (sulfide) groups is 1. The van der Waals surface area contributed by atoms with Crippen molar-refractivity contribution in [1.29, 1.82) is 0 Å². The number of nitrogens with zero attached hydrogens (tertiary/aromatic N) is 4. The molecule has 8 heteroatoms. The van der Waals surface area contributed by atoms with Crippen LogP contribution in [0.15, 0.2) is 76.5 Å². The van der Waals surface area contributed by atoms with E-state index in [0.29, 0.717) is 17.5 Å². The Balaban J connectivity index is 1.36. The van der Waals surface area contributed by atoms with Gasteiger partial charge in [-0.2, -0.15) is 0 Å². The summed E-state index contributed by atoms with van der Waals surface area (Å²) in [6, 6.07) is 20.1. The zero-order chi connectivity index (χ0) is 24.2. The summed E-state index contributed by atoms with van der Waals surface area (Å²) in [5.74, 6) is 2.59. The Morgan fingerprint density at radius 1 is 1.17 bits per heavy atom. The molecule has 0 spiro atoms. The molecule has 1 aliphatic carbocycles. The van der Waals surface area contributed by atoms with E-state index in [2.05, 4.69) is 34.5 Å². The molecule has 4 aromatic rings. The van der Waals surface area contributed by atoms with Crippen molar-refractivity contribution in [2.24, 2.45) is 0 Å². The van der Waals surface area contributed by atoms with Crippen LogP contribution in [0, 0.1) is 0 Å². The number of aromatic nitrogens is 3. The molecule has 0 radical (unpaired) electrons. The topological polar surface area (TPSA) is 73.4 Å². The molecule has 0 saturated heterocycles. The van der Waals surface area contributed by atoms with E-state index in [1.165, 1.54) is 22.9 Å². The quantitative estimate of drug-likeness (QED) is 0.317. The van der Waals surface area contributed by atoms with Crippen molar-refractivity contribution >= 4 is 17.7 Å². The van der Waals surface area contributed by atoms with Gasteiger partial charge in [0.1, 0.15) is 11.5 Å². The zero-order valence-corrected chi connectivity index (χ0v) is 20.7. The number of amides is 1. The van der Waals surface area contributed by atoms with Gasteiger partial charge < -0.3 is 14.1 Å². The van der Waals surface area contributed by atoms with Crippen LogP contribution in [-0.2, 0) is 17.8 Å². The van der Waals surface area contributed by atoms with Gasteiger partial charge in [-0.05, 0) is 54.7 Å². The van der Waals surface area contributed by atoms with Crippen LogP contribution in [0.4, 0.5) is 0 Å². The lowest BCUT2D eigenvalue weighted by Gasteiger charge is -2.33. The first-order valence-electron chi connectivity index (χ1n) is 11.7. The maximum Gasteiger partial charge on any atom is 0.233 e. The van der Waals surface area contributed by atoms with Gasteiger partial charge in [-0.1, -0.05) is 48.2 Å². The minimum absolute atomic E-state index is 0.0761. The summed E-state index contributed by atoms with van der Waals surface area (Å²) in [6.45, 7) is 0.467.